The Hall–Kier alpha value is -2.29. The maximum absolute atomic E-state index is 5.81. The minimum Gasteiger partial charge on any atom is -0.486 e. The maximum Gasteiger partial charge on any atom is 0.145 e. The van der Waals surface area contributed by atoms with Crippen molar-refractivity contribution in [3.05, 3.63) is 60.2 Å². The van der Waals surface area contributed by atoms with E-state index in [4.69, 9.17) is 10.5 Å². The molecule has 3 nitrogen and oxygen atoms in total. The van der Waals surface area contributed by atoms with E-state index in [9.17, 15) is 0 Å². The normalized spacial score (nSPS) is 11.3. The van der Waals surface area contributed by atoms with Gasteiger partial charge in [-0.1, -0.05) is 35.9 Å². The van der Waals surface area contributed by atoms with Crippen molar-refractivity contribution in [3.8, 4) is 5.75 Å². The number of rotatable bonds is 4. The van der Waals surface area contributed by atoms with Crippen LogP contribution < -0.4 is 10.5 Å². The molecule has 0 saturated heterocycles. The predicted octanol–water partition coefficient (Wildman–Crippen LogP) is 3.06. The van der Waals surface area contributed by atoms with Crippen LogP contribution in [0.5, 0.6) is 5.75 Å². The molecule has 0 heterocycles. The van der Waals surface area contributed by atoms with E-state index >= 15 is 0 Å². The van der Waals surface area contributed by atoms with Crippen molar-refractivity contribution in [2.45, 2.75) is 6.92 Å². The van der Waals surface area contributed by atoms with Crippen molar-refractivity contribution >= 4 is 11.5 Å². The van der Waals surface area contributed by atoms with E-state index in [0.29, 0.717) is 5.84 Å². The molecule has 2 aromatic rings. The molecular formula is C15H16N2O. The Bertz CT molecular complexity index is 518. The number of ether oxygens (including phenoxy) is 1. The van der Waals surface area contributed by atoms with E-state index in [1.54, 1.807) is 0 Å². The minimum absolute atomic E-state index is 0.290. The molecule has 0 spiro atoms. The highest BCUT2D eigenvalue weighted by molar-refractivity contribution is 5.84. The van der Waals surface area contributed by atoms with Crippen molar-refractivity contribution in [1.82, 2.24) is 0 Å². The minimum atomic E-state index is 0.290. The molecule has 0 amide bonds. The highest BCUT2D eigenvalue weighted by Gasteiger charge is 1.97. The topological polar surface area (TPSA) is 47.6 Å². The number of benzene rings is 2. The van der Waals surface area contributed by atoms with Gasteiger partial charge in [0.2, 0.25) is 0 Å². The lowest BCUT2D eigenvalue weighted by Gasteiger charge is -2.06. The number of amidine groups is 1. The summed E-state index contributed by atoms with van der Waals surface area (Å²) in [5, 5.41) is 0. The molecule has 2 aromatic carbocycles. The summed E-state index contributed by atoms with van der Waals surface area (Å²) in [7, 11) is 0. The summed E-state index contributed by atoms with van der Waals surface area (Å²) in [5.41, 5.74) is 7.85. The molecular weight excluding hydrogens is 224 g/mol. The second-order valence-electron chi connectivity index (χ2n) is 4.04. The van der Waals surface area contributed by atoms with Gasteiger partial charge in [-0.05, 0) is 31.2 Å². The lowest BCUT2D eigenvalue weighted by molar-refractivity contribution is 0.375. The molecule has 0 fully saturated rings. The monoisotopic (exact) mass is 240 g/mol. The Morgan fingerprint density at radius 3 is 2.39 bits per heavy atom. The third kappa shape index (κ3) is 3.63. The van der Waals surface area contributed by atoms with Crippen molar-refractivity contribution in [3.63, 3.8) is 0 Å². The maximum atomic E-state index is 5.81. The Morgan fingerprint density at radius 2 is 1.72 bits per heavy atom. The van der Waals surface area contributed by atoms with Gasteiger partial charge >= 0.3 is 0 Å². The number of nitrogens with two attached hydrogens (primary N) is 1. The number of aliphatic imine (C=N–C) groups is 1. The van der Waals surface area contributed by atoms with Gasteiger partial charge in [-0.3, -0.25) is 0 Å². The van der Waals surface area contributed by atoms with E-state index in [2.05, 4.69) is 4.99 Å². The number of para-hydroxylation sites is 1. The molecule has 0 saturated carbocycles. The molecule has 92 valence electrons. The lowest BCUT2D eigenvalue weighted by atomic mass is 10.2. The average molecular weight is 240 g/mol. The summed E-state index contributed by atoms with van der Waals surface area (Å²) in [6.45, 7) is 2.33. The molecule has 2 rings (SSSR count). The van der Waals surface area contributed by atoms with Gasteiger partial charge in [0.15, 0.2) is 0 Å². The highest BCUT2D eigenvalue weighted by Crippen LogP contribution is 2.12. The first-order chi connectivity index (χ1) is 8.74. The summed E-state index contributed by atoms with van der Waals surface area (Å²) < 4.78 is 5.54. The second-order valence-corrected chi connectivity index (χ2v) is 4.04. The number of hydrogen-bond donors (Lipinski definition) is 1. The van der Waals surface area contributed by atoms with Gasteiger partial charge in [0.25, 0.3) is 0 Å². The first-order valence-corrected chi connectivity index (χ1v) is 5.81. The molecule has 0 radical (unpaired) electrons. The van der Waals surface area contributed by atoms with Crippen LogP contribution in [0.4, 0.5) is 5.69 Å². The van der Waals surface area contributed by atoms with E-state index in [-0.39, 0.29) is 6.61 Å². The fraction of sp³-hybridized carbons (Fsp3) is 0.133. The van der Waals surface area contributed by atoms with Crippen LogP contribution in [0.2, 0.25) is 0 Å². The Balaban J connectivity index is 1.94. The fourth-order valence-corrected chi connectivity index (χ4v) is 1.49. The molecule has 3 heteroatoms. The zero-order valence-electron chi connectivity index (χ0n) is 10.3. The van der Waals surface area contributed by atoms with Gasteiger partial charge in [-0.2, -0.15) is 0 Å². The van der Waals surface area contributed by atoms with E-state index in [1.165, 1.54) is 5.56 Å². The van der Waals surface area contributed by atoms with Gasteiger partial charge < -0.3 is 10.5 Å². The first kappa shape index (κ1) is 12.2. The van der Waals surface area contributed by atoms with Crippen LogP contribution in [-0.2, 0) is 0 Å². The molecule has 0 aliphatic rings. The van der Waals surface area contributed by atoms with Crippen LogP contribution in [0.1, 0.15) is 5.56 Å². The Kier molecular flexibility index (Phi) is 3.97. The molecule has 18 heavy (non-hydrogen) atoms. The number of aryl methyl sites for hydroxylation is 1. The Labute approximate surface area is 107 Å². The summed E-state index contributed by atoms with van der Waals surface area (Å²) in [6, 6.07) is 17.4. The summed E-state index contributed by atoms with van der Waals surface area (Å²) in [6.07, 6.45) is 0. The van der Waals surface area contributed by atoms with E-state index < -0.39 is 0 Å². The zero-order valence-corrected chi connectivity index (χ0v) is 10.3. The third-order valence-corrected chi connectivity index (χ3v) is 2.44. The largest absolute Gasteiger partial charge is 0.486 e. The summed E-state index contributed by atoms with van der Waals surface area (Å²) in [5.74, 6) is 1.26. The van der Waals surface area contributed by atoms with E-state index in [1.807, 2.05) is 61.5 Å². The summed E-state index contributed by atoms with van der Waals surface area (Å²) in [4.78, 5) is 4.26. The smallest absolute Gasteiger partial charge is 0.145 e. The number of hydrogen-bond acceptors (Lipinski definition) is 2. The van der Waals surface area contributed by atoms with Crippen LogP contribution in [0, 0.1) is 6.92 Å². The molecule has 0 aromatic heterocycles. The van der Waals surface area contributed by atoms with Crippen LogP contribution in [0.25, 0.3) is 0 Å². The van der Waals surface area contributed by atoms with Gasteiger partial charge in [-0.25, -0.2) is 4.99 Å². The van der Waals surface area contributed by atoms with Gasteiger partial charge in [0.1, 0.15) is 18.2 Å². The van der Waals surface area contributed by atoms with Gasteiger partial charge in [0.05, 0.1) is 5.69 Å². The zero-order chi connectivity index (χ0) is 12.8. The lowest BCUT2D eigenvalue weighted by Crippen LogP contribution is -2.20. The number of nitrogens with zero attached hydrogens (tertiary/aromatic N) is 1. The molecule has 2 N–H and O–H groups in total. The quantitative estimate of drug-likeness (QED) is 0.659. The standard InChI is InChI=1S/C15H16N2O/c1-12-7-9-14(10-8-12)18-11-15(16)17-13-5-3-2-4-6-13/h2-10H,11H2,1H3,(H2,16,17). The molecule has 0 aliphatic carbocycles. The van der Waals surface area contributed by atoms with Gasteiger partial charge in [-0.15, -0.1) is 0 Å². The van der Waals surface area contributed by atoms with Crippen molar-refractivity contribution < 1.29 is 4.74 Å². The SMILES string of the molecule is Cc1ccc(OCC(N)=Nc2ccccc2)cc1. The molecule has 0 atom stereocenters. The molecule has 0 aliphatic heterocycles. The first-order valence-electron chi connectivity index (χ1n) is 5.81. The summed E-state index contributed by atoms with van der Waals surface area (Å²) >= 11 is 0. The van der Waals surface area contributed by atoms with Crippen molar-refractivity contribution in [1.29, 1.82) is 0 Å². The van der Waals surface area contributed by atoms with Crippen molar-refractivity contribution in [2.75, 3.05) is 6.61 Å². The Morgan fingerprint density at radius 1 is 1.06 bits per heavy atom. The van der Waals surface area contributed by atoms with Gasteiger partial charge in [0, 0.05) is 0 Å². The second kappa shape index (κ2) is 5.87. The van der Waals surface area contributed by atoms with Crippen LogP contribution in [0.3, 0.4) is 0 Å². The van der Waals surface area contributed by atoms with E-state index in [0.717, 1.165) is 11.4 Å². The van der Waals surface area contributed by atoms with Crippen molar-refractivity contribution in [2.24, 2.45) is 10.7 Å². The van der Waals surface area contributed by atoms with Crippen LogP contribution in [0.15, 0.2) is 59.6 Å². The predicted molar refractivity (Wildman–Crippen MR) is 74.4 cm³/mol. The highest BCUT2D eigenvalue weighted by atomic mass is 16.5. The third-order valence-electron chi connectivity index (χ3n) is 2.44. The fourth-order valence-electron chi connectivity index (χ4n) is 1.49. The average Bonchev–Trinajstić information content (AvgIpc) is 2.39. The van der Waals surface area contributed by atoms with Crippen LogP contribution in [-0.4, -0.2) is 12.4 Å². The molecule has 0 bridgehead atoms. The molecule has 0 unspecified atom stereocenters. The van der Waals surface area contributed by atoms with Crippen LogP contribution >= 0.6 is 0 Å².